The maximum Gasteiger partial charge on any atom is 0.342 e. The highest BCUT2D eigenvalue weighted by Crippen LogP contribution is 2.38. The second kappa shape index (κ2) is 11.2. The summed E-state index contributed by atoms with van der Waals surface area (Å²) in [6.45, 7) is 0.256. The van der Waals surface area contributed by atoms with Gasteiger partial charge in [0.2, 0.25) is 0 Å². The first kappa shape index (κ1) is 25.8. The van der Waals surface area contributed by atoms with E-state index < -0.39 is 0 Å². The first-order valence-corrected chi connectivity index (χ1v) is 13.0. The second-order valence-corrected chi connectivity index (χ2v) is 9.99. The second-order valence-electron chi connectivity index (χ2n) is 9.18. The Morgan fingerprint density at radius 2 is 1.74 bits per heavy atom. The summed E-state index contributed by atoms with van der Waals surface area (Å²) in [4.78, 5) is 29.6. The van der Waals surface area contributed by atoms with Crippen molar-refractivity contribution in [2.75, 3.05) is 5.32 Å². The Hall–Kier alpha value is -3.88. The maximum atomic E-state index is 13.2. The van der Waals surface area contributed by atoms with Gasteiger partial charge in [0.1, 0.15) is 5.75 Å². The number of phenols is 1. The van der Waals surface area contributed by atoms with E-state index in [-0.39, 0.29) is 30.2 Å². The highest BCUT2D eigenvalue weighted by atomic mass is 35.5. The molecule has 0 bridgehead atoms. The van der Waals surface area contributed by atoms with Crippen molar-refractivity contribution in [3.63, 3.8) is 0 Å². The average Bonchev–Trinajstić information content (AvgIpc) is 3.60. The first-order chi connectivity index (χ1) is 18.4. The van der Waals surface area contributed by atoms with E-state index >= 15 is 0 Å². The largest absolute Gasteiger partial charge is 0.507 e. The molecule has 4 aromatic rings. The van der Waals surface area contributed by atoms with Gasteiger partial charge in [0.05, 0.1) is 21.4 Å². The number of aromatic nitrogens is 3. The lowest BCUT2D eigenvalue weighted by atomic mass is 10.0. The van der Waals surface area contributed by atoms with Gasteiger partial charge in [-0.1, -0.05) is 42.1 Å². The zero-order valence-electron chi connectivity index (χ0n) is 20.3. The lowest BCUT2D eigenvalue weighted by molar-refractivity contribution is 0.102. The van der Waals surface area contributed by atoms with Crippen LogP contribution < -0.4 is 10.6 Å². The van der Waals surface area contributed by atoms with E-state index in [1.54, 1.807) is 42.5 Å². The molecule has 0 aliphatic heterocycles. The fourth-order valence-electron chi connectivity index (χ4n) is 4.64. The van der Waals surface area contributed by atoms with E-state index in [1.165, 1.54) is 23.1 Å². The van der Waals surface area contributed by atoms with Crippen LogP contribution in [0.4, 0.5) is 10.5 Å². The van der Waals surface area contributed by atoms with Gasteiger partial charge < -0.3 is 15.7 Å². The molecular weight excluding hydrogens is 525 g/mol. The Balaban J connectivity index is 1.38. The lowest BCUT2D eigenvalue weighted by Crippen LogP contribution is -2.30. The van der Waals surface area contributed by atoms with E-state index in [1.807, 2.05) is 6.07 Å². The number of nitrogens with one attached hydrogen (secondary N) is 2. The predicted molar refractivity (Wildman–Crippen MR) is 147 cm³/mol. The smallest absolute Gasteiger partial charge is 0.342 e. The van der Waals surface area contributed by atoms with Gasteiger partial charge in [-0.05, 0) is 60.9 Å². The summed E-state index contributed by atoms with van der Waals surface area (Å²) >= 11 is 12.1. The van der Waals surface area contributed by atoms with Crippen molar-refractivity contribution in [3.8, 4) is 17.0 Å². The van der Waals surface area contributed by atoms with Crippen molar-refractivity contribution in [2.24, 2.45) is 0 Å². The molecule has 2 amide bonds. The monoisotopic (exact) mass is 549 g/mol. The molecule has 3 N–H and O–H groups in total. The predicted octanol–water partition coefficient (Wildman–Crippen LogP) is 6.63. The zero-order chi connectivity index (χ0) is 26.6. The molecule has 38 heavy (non-hydrogen) atoms. The molecule has 1 fully saturated rings. The van der Waals surface area contributed by atoms with Crippen molar-refractivity contribution in [1.29, 1.82) is 0 Å². The van der Waals surface area contributed by atoms with Crippen LogP contribution in [0.15, 0.2) is 67.0 Å². The number of nitrogens with zero attached hydrogens (tertiary/aromatic N) is 3. The van der Waals surface area contributed by atoms with Crippen molar-refractivity contribution in [2.45, 2.75) is 38.1 Å². The third-order valence-electron chi connectivity index (χ3n) is 6.60. The minimum atomic E-state index is -0.370. The van der Waals surface area contributed by atoms with Crippen LogP contribution in [0.5, 0.6) is 5.75 Å². The number of aromatic hydroxyl groups is 1. The molecule has 2 heterocycles. The van der Waals surface area contributed by atoms with Crippen molar-refractivity contribution >= 4 is 40.8 Å². The van der Waals surface area contributed by atoms with Gasteiger partial charge in [-0.15, -0.1) is 0 Å². The molecule has 5 rings (SSSR count). The average molecular weight is 550 g/mol. The zero-order valence-corrected chi connectivity index (χ0v) is 21.8. The number of pyridine rings is 1. The van der Waals surface area contributed by atoms with Gasteiger partial charge in [-0.3, -0.25) is 9.78 Å². The summed E-state index contributed by atoms with van der Waals surface area (Å²) in [5.74, 6) is -0.171. The van der Waals surface area contributed by atoms with Crippen LogP contribution in [-0.4, -0.2) is 31.8 Å². The lowest BCUT2D eigenvalue weighted by Gasteiger charge is -2.12. The van der Waals surface area contributed by atoms with E-state index in [4.69, 9.17) is 23.2 Å². The Bertz CT molecular complexity index is 1480. The molecule has 0 spiro atoms. The van der Waals surface area contributed by atoms with Gasteiger partial charge in [0.25, 0.3) is 5.91 Å². The van der Waals surface area contributed by atoms with Gasteiger partial charge in [-0.25, -0.2) is 4.79 Å². The van der Waals surface area contributed by atoms with Crippen LogP contribution in [0, 0.1) is 0 Å². The molecule has 0 atom stereocenters. The highest BCUT2D eigenvalue weighted by Gasteiger charge is 2.26. The SMILES string of the molecule is O=C(Nc1ccc(-c2cc(C3CCCC3)n(C(=O)NCc3ccc(Cl)c(Cl)c3)n2)c(O)c1)c1ccncc1. The minimum Gasteiger partial charge on any atom is -0.507 e. The topological polar surface area (TPSA) is 109 Å². The van der Waals surface area contributed by atoms with Crippen molar-refractivity contribution < 1.29 is 14.7 Å². The summed E-state index contributed by atoms with van der Waals surface area (Å²) in [5.41, 5.74) is 3.43. The number of carbonyl (C=O) groups is 2. The normalized spacial score (nSPS) is 13.4. The number of amides is 2. The van der Waals surface area contributed by atoms with E-state index in [0.29, 0.717) is 32.6 Å². The summed E-state index contributed by atoms with van der Waals surface area (Å²) in [6, 6.07) is 14.7. The fraction of sp³-hybridized carbons (Fsp3) is 0.214. The van der Waals surface area contributed by atoms with Gasteiger partial charge in [0, 0.05) is 47.7 Å². The third-order valence-corrected chi connectivity index (χ3v) is 7.34. The number of rotatable bonds is 6. The van der Waals surface area contributed by atoms with E-state index in [2.05, 4.69) is 20.7 Å². The van der Waals surface area contributed by atoms with E-state index in [0.717, 1.165) is 36.9 Å². The summed E-state index contributed by atoms with van der Waals surface area (Å²) in [7, 11) is 0. The van der Waals surface area contributed by atoms with Gasteiger partial charge in [0.15, 0.2) is 0 Å². The Kier molecular flexibility index (Phi) is 7.62. The van der Waals surface area contributed by atoms with Crippen molar-refractivity contribution in [3.05, 3.63) is 93.9 Å². The molecule has 0 radical (unpaired) electrons. The van der Waals surface area contributed by atoms with Gasteiger partial charge in [-0.2, -0.15) is 9.78 Å². The van der Waals surface area contributed by atoms with Crippen LogP contribution >= 0.6 is 23.2 Å². The molecular formula is C28H25Cl2N5O3. The fourth-order valence-corrected chi connectivity index (χ4v) is 4.96. The molecule has 0 saturated heterocycles. The number of phenolic OH excluding ortho intramolecular Hbond substituents is 1. The number of carbonyl (C=O) groups excluding carboxylic acids is 2. The minimum absolute atomic E-state index is 0.0589. The first-order valence-electron chi connectivity index (χ1n) is 12.3. The molecule has 1 aliphatic rings. The molecule has 2 aromatic carbocycles. The molecule has 1 saturated carbocycles. The van der Waals surface area contributed by atoms with Crippen molar-refractivity contribution in [1.82, 2.24) is 20.1 Å². The third kappa shape index (κ3) is 5.66. The number of hydrogen-bond acceptors (Lipinski definition) is 5. The Morgan fingerprint density at radius 3 is 2.45 bits per heavy atom. The quantitative estimate of drug-likeness (QED) is 0.250. The summed E-state index contributed by atoms with van der Waals surface area (Å²) < 4.78 is 1.39. The number of halogens is 2. The van der Waals surface area contributed by atoms with Crippen LogP contribution in [0.2, 0.25) is 10.0 Å². The van der Waals surface area contributed by atoms with Crippen LogP contribution in [0.1, 0.15) is 53.2 Å². The summed E-state index contributed by atoms with van der Waals surface area (Å²) in [5, 5.41) is 21.9. The van der Waals surface area contributed by atoms with Gasteiger partial charge >= 0.3 is 6.03 Å². The highest BCUT2D eigenvalue weighted by molar-refractivity contribution is 6.42. The number of anilines is 1. The molecule has 1 aliphatic carbocycles. The maximum absolute atomic E-state index is 13.2. The molecule has 2 aromatic heterocycles. The number of hydrogen-bond donors (Lipinski definition) is 3. The number of benzene rings is 2. The summed E-state index contributed by atoms with van der Waals surface area (Å²) in [6.07, 6.45) is 7.19. The Morgan fingerprint density at radius 1 is 0.974 bits per heavy atom. The molecule has 194 valence electrons. The molecule has 0 unspecified atom stereocenters. The van der Waals surface area contributed by atoms with Crippen LogP contribution in [0.25, 0.3) is 11.3 Å². The van der Waals surface area contributed by atoms with Crippen LogP contribution in [0.3, 0.4) is 0 Å². The van der Waals surface area contributed by atoms with Crippen LogP contribution in [-0.2, 0) is 6.54 Å². The Labute approximate surface area is 229 Å². The standard InChI is InChI=1S/C28H25Cl2N5O3/c29-22-8-5-17(13-23(22)30)16-32-28(38)35-25(18-3-1-2-4-18)15-24(34-35)21-7-6-20(14-26(21)36)33-27(37)19-9-11-31-12-10-19/h5-15,18,36H,1-4,16H2,(H,32,38)(H,33,37). The molecule has 10 heteroatoms. The van der Waals surface area contributed by atoms with E-state index in [9.17, 15) is 14.7 Å². The molecule has 8 nitrogen and oxygen atoms in total.